The van der Waals surface area contributed by atoms with Gasteiger partial charge in [-0.15, -0.1) is 0 Å². The highest BCUT2D eigenvalue weighted by molar-refractivity contribution is 5.96. The first-order valence-electron chi connectivity index (χ1n) is 4.99. The third kappa shape index (κ3) is 1.31. The van der Waals surface area contributed by atoms with Crippen LogP contribution in [-0.2, 0) is 9.53 Å². The lowest BCUT2D eigenvalue weighted by atomic mass is 9.98. The molecule has 2 aliphatic rings. The van der Waals surface area contributed by atoms with Gasteiger partial charge in [-0.05, 0) is 12.1 Å². The number of fused-ring (bicyclic) bond motifs is 2. The van der Waals surface area contributed by atoms with Gasteiger partial charge in [0, 0.05) is 12.0 Å². The van der Waals surface area contributed by atoms with Crippen LogP contribution < -0.4 is 4.74 Å². The number of esters is 1. The molecule has 1 aromatic rings. The van der Waals surface area contributed by atoms with E-state index in [1.165, 1.54) is 0 Å². The van der Waals surface area contributed by atoms with Gasteiger partial charge in [0.1, 0.15) is 11.9 Å². The molecule has 1 saturated heterocycles. The predicted molar refractivity (Wildman–Crippen MR) is 54.4 cm³/mol. The van der Waals surface area contributed by atoms with E-state index in [2.05, 4.69) is 0 Å². The maximum Gasteiger partial charge on any atom is 0.337 e. The molecule has 2 aliphatic heterocycles. The van der Waals surface area contributed by atoms with E-state index in [-0.39, 0.29) is 12.1 Å². The molecule has 0 aromatic heterocycles. The highest BCUT2D eigenvalue weighted by atomic mass is 16.5. The van der Waals surface area contributed by atoms with Gasteiger partial charge in [-0.25, -0.2) is 4.79 Å². The molecule has 0 aliphatic carbocycles. The summed E-state index contributed by atoms with van der Waals surface area (Å²) in [5.74, 6) is 0.599. The van der Waals surface area contributed by atoms with Crippen molar-refractivity contribution in [3.63, 3.8) is 0 Å². The molecular weight excluding hydrogens is 192 g/mol. The van der Waals surface area contributed by atoms with Crippen molar-refractivity contribution in [1.29, 1.82) is 0 Å². The van der Waals surface area contributed by atoms with E-state index < -0.39 is 0 Å². The van der Waals surface area contributed by atoms with Crippen molar-refractivity contribution < 1.29 is 14.3 Å². The first-order valence-corrected chi connectivity index (χ1v) is 4.99. The molecule has 0 radical (unpaired) electrons. The Morgan fingerprint density at radius 3 is 3.07 bits per heavy atom. The zero-order chi connectivity index (χ0) is 10.3. The fraction of sp³-hybridized carbons (Fsp3) is 0.250. The SMILES string of the molecule is O=C1OCCC2Oc3ccccc3C=C12. The fourth-order valence-corrected chi connectivity index (χ4v) is 1.93. The normalized spacial score (nSPS) is 23.1. The highest BCUT2D eigenvalue weighted by Crippen LogP contribution is 2.32. The molecule has 0 bridgehead atoms. The van der Waals surface area contributed by atoms with Gasteiger partial charge in [0.05, 0.1) is 12.2 Å². The standard InChI is InChI=1S/C12H10O3/c13-12-9-7-8-3-1-2-4-10(8)15-11(9)5-6-14-12/h1-4,7,11H,5-6H2. The fourth-order valence-electron chi connectivity index (χ4n) is 1.93. The lowest BCUT2D eigenvalue weighted by molar-refractivity contribution is -0.143. The van der Waals surface area contributed by atoms with Crippen LogP contribution in [0.2, 0.25) is 0 Å². The van der Waals surface area contributed by atoms with E-state index in [0.717, 1.165) is 17.7 Å². The average molecular weight is 202 g/mol. The molecule has 3 nitrogen and oxygen atoms in total. The zero-order valence-electron chi connectivity index (χ0n) is 8.10. The van der Waals surface area contributed by atoms with Crippen LogP contribution in [0.5, 0.6) is 5.75 Å². The Balaban J connectivity index is 2.08. The Morgan fingerprint density at radius 1 is 1.27 bits per heavy atom. The number of hydrogen-bond donors (Lipinski definition) is 0. The average Bonchev–Trinajstić information content (AvgIpc) is 2.27. The summed E-state index contributed by atoms with van der Waals surface area (Å²) >= 11 is 0. The van der Waals surface area contributed by atoms with Crippen LogP contribution >= 0.6 is 0 Å². The number of benzene rings is 1. The molecule has 1 unspecified atom stereocenters. The van der Waals surface area contributed by atoms with Crippen LogP contribution in [0.25, 0.3) is 6.08 Å². The largest absolute Gasteiger partial charge is 0.485 e. The van der Waals surface area contributed by atoms with E-state index in [1.54, 1.807) is 0 Å². The number of cyclic esters (lactones) is 1. The van der Waals surface area contributed by atoms with Crippen molar-refractivity contribution in [3.05, 3.63) is 35.4 Å². The molecule has 0 spiro atoms. The van der Waals surface area contributed by atoms with E-state index in [9.17, 15) is 4.79 Å². The molecule has 15 heavy (non-hydrogen) atoms. The number of carbonyl (C=O) groups is 1. The summed E-state index contributed by atoms with van der Waals surface area (Å²) in [6.45, 7) is 0.447. The number of carbonyl (C=O) groups excluding carboxylic acids is 1. The summed E-state index contributed by atoms with van der Waals surface area (Å²) < 4.78 is 10.7. The van der Waals surface area contributed by atoms with Crippen molar-refractivity contribution in [2.75, 3.05) is 6.61 Å². The molecule has 1 aromatic carbocycles. The topological polar surface area (TPSA) is 35.5 Å². The van der Waals surface area contributed by atoms with E-state index in [1.807, 2.05) is 30.3 Å². The van der Waals surface area contributed by atoms with Gasteiger partial charge in [0.25, 0.3) is 0 Å². The highest BCUT2D eigenvalue weighted by Gasteiger charge is 2.32. The minimum atomic E-state index is -0.249. The Morgan fingerprint density at radius 2 is 2.13 bits per heavy atom. The van der Waals surface area contributed by atoms with Gasteiger partial charge in [0.2, 0.25) is 0 Å². The molecule has 0 saturated carbocycles. The maximum absolute atomic E-state index is 11.5. The van der Waals surface area contributed by atoms with Gasteiger partial charge in [-0.2, -0.15) is 0 Å². The summed E-state index contributed by atoms with van der Waals surface area (Å²) in [7, 11) is 0. The number of para-hydroxylation sites is 1. The number of hydrogen-bond acceptors (Lipinski definition) is 3. The van der Waals surface area contributed by atoms with Crippen molar-refractivity contribution in [1.82, 2.24) is 0 Å². The molecule has 3 rings (SSSR count). The maximum atomic E-state index is 11.5. The van der Waals surface area contributed by atoms with Gasteiger partial charge < -0.3 is 9.47 Å². The lowest BCUT2D eigenvalue weighted by Crippen LogP contribution is -2.34. The van der Waals surface area contributed by atoms with Crippen molar-refractivity contribution in [3.8, 4) is 5.75 Å². The van der Waals surface area contributed by atoms with E-state index >= 15 is 0 Å². The molecule has 3 heteroatoms. The third-order valence-electron chi connectivity index (χ3n) is 2.70. The Hall–Kier alpha value is -1.77. The summed E-state index contributed by atoms with van der Waals surface area (Å²) in [4.78, 5) is 11.5. The second-order valence-electron chi connectivity index (χ2n) is 3.67. The molecule has 2 heterocycles. The van der Waals surface area contributed by atoms with Crippen LogP contribution in [0.1, 0.15) is 12.0 Å². The predicted octanol–water partition coefficient (Wildman–Crippen LogP) is 1.78. The Kier molecular flexibility index (Phi) is 1.78. The van der Waals surface area contributed by atoms with Gasteiger partial charge in [0.15, 0.2) is 0 Å². The molecule has 76 valence electrons. The zero-order valence-corrected chi connectivity index (χ0v) is 8.10. The molecule has 1 atom stereocenters. The smallest absolute Gasteiger partial charge is 0.337 e. The monoisotopic (exact) mass is 202 g/mol. The second kappa shape index (κ2) is 3.12. The molecule has 0 N–H and O–H groups in total. The first kappa shape index (κ1) is 8.53. The lowest BCUT2D eigenvalue weighted by Gasteiger charge is -2.29. The van der Waals surface area contributed by atoms with Crippen molar-refractivity contribution in [2.24, 2.45) is 0 Å². The van der Waals surface area contributed by atoms with E-state index in [4.69, 9.17) is 9.47 Å². The van der Waals surface area contributed by atoms with Crippen LogP contribution in [-0.4, -0.2) is 18.7 Å². The van der Waals surface area contributed by atoms with E-state index in [0.29, 0.717) is 12.2 Å². The molecule has 0 amide bonds. The van der Waals surface area contributed by atoms with Crippen LogP contribution in [0.4, 0.5) is 0 Å². The minimum Gasteiger partial charge on any atom is -0.485 e. The van der Waals surface area contributed by atoms with Gasteiger partial charge in [-0.3, -0.25) is 0 Å². The first-order chi connectivity index (χ1) is 7.34. The second-order valence-corrected chi connectivity index (χ2v) is 3.67. The minimum absolute atomic E-state index is 0.124. The van der Waals surface area contributed by atoms with Gasteiger partial charge >= 0.3 is 5.97 Å². The summed E-state index contributed by atoms with van der Waals surface area (Å²) in [5, 5.41) is 0. The summed E-state index contributed by atoms with van der Waals surface area (Å²) in [6.07, 6.45) is 2.48. The van der Waals surface area contributed by atoms with Crippen molar-refractivity contribution in [2.45, 2.75) is 12.5 Å². The number of rotatable bonds is 0. The van der Waals surface area contributed by atoms with Crippen molar-refractivity contribution >= 4 is 12.0 Å². The molecule has 1 fully saturated rings. The Labute approximate surface area is 87.3 Å². The summed E-state index contributed by atoms with van der Waals surface area (Å²) in [6, 6.07) is 7.70. The third-order valence-corrected chi connectivity index (χ3v) is 2.70. The van der Waals surface area contributed by atoms with Crippen LogP contribution in [0.3, 0.4) is 0 Å². The van der Waals surface area contributed by atoms with Gasteiger partial charge in [-0.1, -0.05) is 18.2 Å². The quantitative estimate of drug-likeness (QED) is 0.601. The summed E-state index contributed by atoms with van der Waals surface area (Å²) in [5.41, 5.74) is 1.59. The molecular formula is C12H10O3. The van der Waals surface area contributed by atoms with Crippen LogP contribution in [0.15, 0.2) is 29.8 Å². The number of ether oxygens (including phenoxy) is 2. The Bertz CT molecular complexity index is 448. The van der Waals surface area contributed by atoms with Crippen LogP contribution in [0, 0.1) is 0 Å².